The molecule has 1 fully saturated rings. The average molecular weight is 756 g/mol. The smallest absolute Gasteiger partial charge is 0.390 e. The van der Waals surface area contributed by atoms with Gasteiger partial charge in [0.2, 0.25) is 0 Å². The van der Waals surface area contributed by atoms with Crippen LogP contribution in [0.4, 0.5) is 17.2 Å². The van der Waals surface area contributed by atoms with Crippen LogP contribution in [0.5, 0.6) is 0 Å². The Morgan fingerprint density at radius 2 is 1.69 bits per heavy atom. The van der Waals surface area contributed by atoms with Crippen LogP contribution in [0.1, 0.15) is 50.1 Å². The summed E-state index contributed by atoms with van der Waals surface area (Å²) in [4.78, 5) is 66.9. The van der Waals surface area contributed by atoms with Gasteiger partial charge in [-0.1, -0.05) is 13.8 Å². The van der Waals surface area contributed by atoms with Gasteiger partial charge in [-0.05, 0) is 18.4 Å². The number of benzene rings is 1. The minimum absolute atomic E-state index is 0.0119. The molecule has 49 heavy (non-hydrogen) atoms. The molecule has 0 aliphatic carbocycles. The van der Waals surface area contributed by atoms with E-state index in [0.29, 0.717) is 5.56 Å². The number of nitrogen functional groups attached to an aromatic ring is 1. The number of aromatic nitrogens is 3. The zero-order valence-corrected chi connectivity index (χ0v) is 28.1. The van der Waals surface area contributed by atoms with E-state index in [1.165, 1.54) is 16.8 Å². The number of nitrogens with two attached hydrogens (primary N) is 1. The van der Waals surface area contributed by atoms with Crippen LogP contribution in [-0.4, -0.2) is 67.9 Å². The maximum atomic E-state index is 12.1. The molecule has 1 aliphatic heterocycles. The van der Waals surface area contributed by atoms with E-state index in [9.17, 15) is 48.8 Å². The van der Waals surface area contributed by atoms with Gasteiger partial charge < -0.3 is 44.5 Å². The lowest BCUT2D eigenvalue weighted by Gasteiger charge is -2.20. The Bertz CT molecular complexity index is 1840. The lowest BCUT2D eigenvalue weighted by Crippen LogP contribution is -2.26. The molecule has 0 amide bonds. The van der Waals surface area contributed by atoms with E-state index in [1.807, 2.05) is 0 Å². The van der Waals surface area contributed by atoms with Gasteiger partial charge >= 0.3 is 23.5 Å². The molecule has 7 N–H and O–H groups in total. The number of anilines is 1. The van der Waals surface area contributed by atoms with Crippen LogP contribution in [0.25, 0.3) is 11.0 Å². The van der Waals surface area contributed by atoms with Crippen LogP contribution in [0.3, 0.4) is 0 Å². The fourth-order valence-corrected chi connectivity index (χ4v) is 8.13. The highest BCUT2D eigenvalue weighted by Crippen LogP contribution is 2.66. The molecule has 0 bridgehead atoms. The number of phosphoric ester groups is 1. The van der Waals surface area contributed by atoms with Crippen molar-refractivity contribution in [3.63, 3.8) is 0 Å². The second kappa shape index (κ2) is 14.9. The number of nitro benzene ring substituents is 2. The zero-order chi connectivity index (χ0) is 36.5. The zero-order valence-electron chi connectivity index (χ0n) is 25.4. The first kappa shape index (κ1) is 38.5. The van der Waals surface area contributed by atoms with Gasteiger partial charge in [0.15, 0.2) is 0 Å². The van der Waals surface area contributed by atoms with Gasteiger partial charge in [0.1, 0.15) is 35.7 Å². The molecule has 3 heterocycles. The maximum Gasteiger partial charge on any atom is 0.490 e. The second-order valence-corrected chi connectivity index (χ2v) is 15.4. The van der Waals surface area contributed by atoms with E-state index in [4.69, 9.17) is 25.0 Å². The number of hydrogen-bond donors (Lipinski definition) is 6. The van der Waals surface area contributed by atoms with Crippen molar-refractivity contribution in [1.29, 1.82) is 0 Å². The summed E-state index contributed by atoms with van der Waals surface area (Å²) < 4.78 is 59.8. The van der Waals surface area contributed by atoms with E-state index in [2.05, 4.69) is 23.1 Å². The summed E-state index contributed by atoms with van der Waals surface area (Å²) in [5.41, 5.74) is 5.44. The normalized spacial score (nSPS) is 21.4. The van der Waals surface area contributed by atoms with Crippen molar-refractivity contribution in [1.82, 2.24) is 14.5 Å². The standard InChI is InChI=1S/C23H31N6O17P3/c1-12(2)6-17(21-14(28(31)32)4-3-5-15(21)29(33)34)42-9-13-8-27(23-20(13)22(24)25-11-26-23)19-7-16(30)18(44-19)10-43-48(38,39)46-49(40,41)45-47(35,36)37/h3-5,8,11-12,16-19,30H,6-7,9-10H2,1-2H3,(H,38,39)(H,40,41)(H2,24,25,26)(H2,35,36,37)/t16-,17-,18-,19-/m1/s1. The highest BCUT2D eigenvalue weighted by atomic mass is 31.3. The molecule has 1 aliphatic rings. The monoisotopic (exact) mass is 756 g/mol. The molecule has 26 heteroatoms. The Morgan fingerprint density at radius 3 is 2.27 bits per heavy atom. The van der Waals surface area contributed by atoms with Crippen molar-refractivity contribution in [3.05, 3.63) is 62.1 Å². The van der Waals surface area contributed by atoms with Gasteiger partial charge in [-0.25, -0.2) is 23.7 Å². The minimum atomic E-state index is -5.77. The first-order chi connectivity index (χ1) is 22.7. The largest absolute Gasteiger partial charge is 0.490 e. The Balaban J connectivity index is 1.58. The molecule has 3 aromatic rings. The molecule has 1 saturated heterocycles. The third-order valence-corrected chi connectivity index (χ3v) is 10.8. The van der Waals surface area contributed by atoms with Gasteiger partial charge in [0, 0.05) is 30.3 Å². The average Bonchev–Trinajstić information content (AvgIpc) is 3.52. The van der Waals surface area contributed by atoms with Gasteiger partial charge in [-0.15, -0.1) is 0 Å². The summed E-state index contributed by atoms with van der Waals surface area (Å²) in [6.45, 7) is 2.39. The van der Waals surface area contributed by atoms with Crippen LogP contribution in [-0.2, 0) is 42.9 Å². The number of nitrogens with zero attached hydrogens (tertiary/aromatic N) is 5. The summed E-state index contributed by atoms with van der Waals surface area (Å²) in [6, 6.07) is 3.48. The lowest BCUT2D eigenvalue weighted by atomic mass is 9.96. The van der Waals surface area contributed by atoms with Gasteiger partial charge in [0.25, 0.3) is 11.4 Å². The molecule has 6 atom stereocenters. The predicted molar refractivity (Wildman–Crippen MR) is 163 cm³/mol. The fourth-order valence-electron chi connectivity index (χ4n) is 5.10. The predicted octanol–water partition coefficient (Wildman–Crippen LogP) is 3.13. The molecule has 0 saturated carbocycles. The van der Waals surface area contributed by atoms with Crippen molar-refractivity contribution < 1.29 is 70.8 Å². The summed E-state index contributed by atoms with van der Waals surface area (Å²) in [5.74, 6) is -0.128. The van der Waals surface area contributed by atoms with Gasteiger partial charge in [-0.3, -0.25) is 24.8 Å². The van der Waals surface area contributed by atoms with E-state index >= 15 is 0 Å². The quantitative estimate of drug-likeness (QED) is 0.0694. The number of nitro groups is 2. The van der Waals surface area contributed by atoms with E-state index in [1.54, 1.807) is 13.8 Å². The molecule has 0 radical (unpaired) electrons. The summed E-state index contributed by atoms with van der Waals surface area (Å²) in [6.07, 6.45) is -2.30. The first-order valence-electron chi connectivity index (χ1n) is 13.9. The van der Waals surface area contributed by atoms with Crippen molar-refractivity contribution in [2.75, 3.05) is 12.3 Å². The van der Waals surface area contributed by atoms with Crippen molar-refractivity contribution in [2.45, 2.75) is 57.8 Å². The van der Waals surface area contributed by atoms with E-state index in [0.717, 1.165) is 18.5 Å². The van der Waals surface area contributed by atoms with Crippen LogP contribution in [0.15, 0.2) is 30.7 Å². The number of fused-ring (bicyclic) bond motifs is 1. The topological polar surface area (TPSA) is 342 Å². The molecule has 2 aromatic heterocycles. The summed E-state index contributed by atoms with van der Waals surface area (Å²) in [7, 11) is -16.9. The number of ether oxygens (including phenoxy) is 2. The number of rotatable bonds is 16. The third-order valence-electron chi connectivity index (χ3n) is 6.95. The van der Waals surface area contributed by atoms with Gasteiger partial charge in [0.05, 0.1) is 40.7 Å². The Labute approximate surface area is 275 Å². The van der Waals surface area contributed by atoms with Gasteiger partial charge in [-0.2, -0.15) is 8.62 Å². The number of aliphatic hydroxyl groups excluding tert-OH is 1. The van der Waals surface area contributed by atoms with Crippen LogP contribution < -0.4 is 5.73 Å². The molecule has 1 aromatic carbocycles. The Kier molecular flexibility index (Phi) is 11.7. The molecular formula is C23H31N6O17P3. The maximum absolute atomic E-state index is 12.1. The SMILES string of the molecule is CC(C)C[C@@H](OCc1cn([C@H]2C[C@@H](O)[C@@H](COP(=O)(O)OP(=O)(O)OP(=O)(O)O)O2)c2ncnc(N)c12)c1c([N+](=O)[O-])cccc1[N+](=O)[O-]. The van der Waals surface area contributed by atoms with Crippen molar-refractivity contribution in [3.8, 4) is 0 Å². The number of phosphoric acid groups is 3. The number of aliphatic hydroxyl groups is 1. The second-order valence-electron chi connectivity index (χ2n) is 11.0. The minimum Gasteiger partial charge on any atom is -0.390 e. The van der Waals surface area contributed by atoms with E-state index < -0.39 is 75.8 Å². The summed E-state index contributed by atoms with van der Waals surface area (Å²) >= 11 is 0. The first-order valence-corrected chi connectivity index (χ1v) is 18.4. The molecule has 4 rings (SSSR count). The fraction of sp³-hybridized carbons (Fsp3) is 0.478. The highest BCUT2D eigenvalue weighted by Gasteiger charge is 2.43. The third kappa shape index (κ3) is 9.71. The molecule has 0 spiro atoms. The number of hydrogen-bond acceptors (Lipinski definition) is 16. The van der Waals surface area contributed by atoms with Crippen molar-refractivity contribution in [2.24, 2.45) is 5.92 Å². The van der Waals surface area contributed by atoms with Crippen LogP contribution >= 0.6 is 23.5 Å². The molecule has 23 nitrogen and oxygen atoms in total. The van der Waals surface area contributed by atoms with Crippen LogP contribution in [0, 0.1) is 26.1 Å². The lowest BCUT2D eigenvalue weighted by molar-refractivity contribution is -0.396. The molecule has 270 valence electrons. The Hall–Kier alpha value is -3.27. The van der Waals surface area contributed by atoms with Crippen molar-refractivity contribution >= 4 is 51.7 Å². The highest BCUT2D eigenvalue weighted by molar-refractivity contribution is 7.66. The molecular weight excluding hydrogens is 725 g/mol. The Morgan fingerprint density at radius 1 is 1.06 bits per heavy atom. The van der Waals surface area contributed by atoms with Crippen LogP contribution in [0.2, 0.25) is 0 Å². The molecule has 2 unspecified atom stereocenters. The summed E-state index contributed by atoms with van der Waals surface area (Å²) in [5, 5.41) is 34.6. The van der Waals surface area contributed by atoms with E-state index in [-0.39, 0.29) is 47.8 Å².